The van der Waals surface area contributed by atoms with Crippen molar-refractivity contribution in [3.05, 3.63) is 36.5 Å². The number of hydrogen-bond acceptors (Lipinski definition) is 6. The summed E-state index contributed by atoms with van der Waals surface area (Å²) >= 11 is 0. The zero-order valence-electron chi connectivity index (χ0n) is 32.4. The molecule has 0 aromatic carbocycles. The van der Waals surface area contributed by atoms with Crippen LogP contribution in [0.5, 0.6) is 0 Å². The van der Waals surface area contributed by atoms with E-state index in [9.17, 15) is 19.2 Å². The normalized spacial score (nSPS) is 12.8. The average molecular weight is 719 g/mol. The first-order valence-electron chi connectivity index (χ1n) is 20.4. The predicted octanol–water partition coefficient (Wildman–Crippen LogP) is 9.43. The van der Waals surface area contributed by atoms with Crippen LogP contribution in [0.4, 0.5) is 0 Å². The third kappa shape index (κ3) is 33.9. The van der Waals surface area contributed by atoms with Gasteiger partial charge in [-0.15, -0.1) is 0 Å². The molecule has 51 heavy (non-hydrogen) atoms. The van der Waals surface area contributed by atoms with Crippen molar-refractivity contribution in [1.29, 1.82) is 0 Å². The fourth-order valence-electron chi connectivity index (χ4n) is 5.71. The van der Waals surface area contributed by atoms with Crippen molar-refractivity contribution in [2.24, 2.45) is 0 Å². The van der Waals surface area contributed by atoms with Gasteiger partial charge in [0, 0.05) is 12.8 Å². The van der Waals surface area contributed by atoms with Crippen LogP contribution in [0.2, 0.25) is 0 Å². The standard InChI is InChI=1S/C42H74N2O7/c1-3-5-7-8-9-10-11-12-13-14-15-16-17-18-19-20-21-22-23-24-25-26-30-34-41(48)51-37(31-6-4-2)32-28-27-29-33-39(46)43-35-40(47)44-38(36-45)42(49)50/h11-12,14-15,17-18,37-38,45H,3-10,13,16,19-36H2,1-2H3,(H,43,46)(H,44,47)(H,49,50)/b12-11-,15-14-,18-17-. The van der Waals surface area contributed by atoms with E-state index in [-0.39, 0.29) is 30.9 Å². The van der Waals surface area contributed by atoms with Crippen LogP contribution in [0.3, 0.4) is 0 Å². The summed E-state index contributed by atoms with van der Waals surface area (Å²) in [6.07, 6.45) is 41.0. The van der Waals surface area contributed by atoms with E-state index in [1.54, 1.807) is 0 Å². The van der Waals surface area contributed by atoms with Crippen molar-refractivity contribution >= 4 is 23.8 Å². The maximum atomic E-state index is 12.5. The summed E-state index contributed by atoms with van der Waals surface area (Å²) in [7, 11) is 0. The Balaban J connectivity index is 3.81. The Morgan fingerprint density at radius 2 is 1.08 bits per heavy atom. The van der Waals surface area contributed by atoms with Crippen LogP contribution in [0, 0.1) is 0 Å². The molecule has 0 aromatic rings. The number of aliphatic carboxylic acids is 1. The number of aliphatic hydroxyl groups excluding tert-OH is 1. The molecule has 9 heteroatoms. The van der Waals surface area contributed by atoms with Crippen LogP contribution in [0.1, 0.15) is 181 Å². The van der Waals surface area contributed by atoms with Crippen molar-refractivity contribution in [2.75, 3.05) is 13.2 Å². The molecular formula is C42H74N2O7. The third-order valence-corrected chi connectivity index (χ3v) is 8.89. The van der Waals surface area contributed by atoms with E-state index in [0.717, 1.165) is 77.0 Å². The van der Waals surface area contributed by atoms with E-state index in [1.807, 2.05) is 0 Å². The number of hydrogen-bond donors (Lipinski definition) is 4. The molecule has 2 unspecified atom stereocenters. The zero-order valence-corrected chi connectivity index (χ0v) is 32.4. The minimum absolute atomic E-state index is 0.0862. The number of aliphatic hydroxyl groups is 1. The molecule has 0 saturated heterocycles. The number of unbranched alkanes of at least 4 members (excludes halogenated alkanes) is 16. The van der Waals surface area contributed by atoms with Gasteiger partial charge in [-0.3, -0.25) is 14.4 Å². The molecular weight excluding hydrogens is 644 g/mol. The maximum absolute atomic E-state index is 12.5. The summed E-state index contributed by atoms with van der Waals surface area (Å²) in [5.41, 5.74) is 0. The van der Waals surface area contributed by atoms with E-state index in [4.69, 9.17) is 14.9 Å². The van der Waals surface area contributed by atoms with Crippen LogP contribution in [0.25, 0.3) is 0 Å². The molecule has 0 heterocycles. The lowest BCUT2D eigenvalue weighted by atomic mass is 10.0. The van der Waals surface area contributed by atoms with Crippen LogP contribution in [-0.4, -0.2) is 59.3 Å². The molecule has 0 radical (unpaired) electrons. The molecule has 0 saturated carbocycles. The second-order valence-corrected chi connectivity index (χ2v) is 13.7. The van der Waals surface area contributed by atoms with Gasteiger partial charge >= 0.3 is 11.9 Å². The van der Waals surface area contributed by atoms with Gasteiger partial charge in [0.1, 0.15) is 12.1 Å². The van der Waals surface area contributed by atoms with Crippen molar-refractivity contribution in [2.45, 2.75) is 193 Å². The number of carbonyl (C=O) groups is 4. The molecule has 0 fully saturated rings. The Labute approximate surface area is 310 Å². The molecule has 2 amide bonds. The van der Waals surface area contributed by atoms with Crippen molar-refractivity contribution in [3.8, 4) is 0 Å². The van der Waals surface area contributed by atoms with E-state index in [0.29, 0.717) is 12.8 Å². The predicted molar refractivity (Wildman–Crippen MR) is 208 cm³/mol. The van der Waals surface area contributed by atoms with Gasteiger partial charge in [0.2, 0.25) is 11.8 Å². The van der Waals surface area contributed by atoms with Crippen molar-refractivity contribution in [3.63, 3.8) is 0 Å². The second-order valence-electron chi connectivity index (χ2n) is 13.7. The molecule has 9 nitrogen and oxygen atoms in total. The van der Waals surface area contributed by atoms with Gasteiger partial charge in [-0.05, 0) is 70.6 Å². The van der Waals surface area contributed by atoms with Gasteiger partial charge in [-0.2, -0.15) is 0 Å². The Morgan fingerprint density at radius 3 is 1.65 bits per heavy atom. The number of allylic oxidation sites excluding steroid dienone is 6. The number of rotatable bonds is 36. The Kier molecular flexibility index (Phi) is 34.7. The van der Waals surface area contributed by atoms with Gasteiger partial charge in [0.25, 0.3) is 0 Å². The van der Waals surface area contributed by atoms with E-state index >= 15 is 0 Å². The highest BCUT2D eigenvalue weighted by molar-refractivity contribution is 5.87. The smallest absolute Gasteiger partial charge is 0.328 e. The van der Waals surface area contributed by atoms with Gasteiger partial charge in [0.05, 0.1) is 13.2 Å². The van der Waals surface area contributed by atoms with Crippen LogP contribution < -0.4 is 10.6 Å². The highest BCUT2D eigenvalue weighted by Crippen LogP contribution is 2.17. The average Bonchev–Trinajstić information content (AvgIpc) is 3.11. The summed E-state index contributed by atoms with van der Waals surface area (Å²) in [4.78, 5) is 47.1. The number of carboxylic acids is 1. The first-order valence-corrected chi connectivity index (χ1v) is 20.4. The summed E-state index contributed by atoms with van der Waals surface area (Å²) in [5.74, 6) is -2.41. The lowest BCUT2D eigenvalue weighted by Gasteiger charge is -2.18. The first-order chi connectivity index (χ1) is 24.8. The van der Waals surface area contributed by atoms with E-state index < -0.39 is 24.5 Å². The summed E-state index contributed by atoms with van der Waals surface area (Å²) in [5, 5.41) is 22.4. The first kappa shape index (κ1) is 48.1. The fraction of sp³-hybridized carbons (Fsp3) is 0.762. The lowest BCUT2D eigenvalue weighted by molar-refractivity contribution is -0.150. The topological polar surface area (TPSA) is 142 Å². The van der Waals surface area contributed by atoms with Crippen molar-refractivity contribution < 1.29 is 34.1 Å². The molecule has 0 aliphatic rings. The largest absolute Gasteiger partial charge is 0.480 e. The second kappa shape index (κ2) is 36.8. The van der Waals surface area contributed by atoms with E-state index in [1.165, 1.54) is 70.6 Å². The molecule has 0 aromatic heterocycles. The zero-order chi connectivity index (χ0) is 37.6. The number of nitrogens with one attached hydrogen (secondary N) is 2. The Morgan fingerprint density at radius 1 is 0.588 bits per heavy atom. The molecule has 2 atom stereocenters. The minimum Gasteiger partial charge on any atom is -0.480 e. The molecule has 0 aliphatic carbocycles. The lowest BCUT2D eigenvalue weighted by Crippen LogP contribution is -2.47. The third-order valence-electron chi connectivity index (χ3n) is 8.89. The van der Waals surface area contributed by atoms with Gasteiger partial charge in [0.15, 0.2) is 0 Å². The van der Waals surface area contributed by atoms with Gasteiger partial charge < -0.3 is 25.6 Å². The highest BCUT2D eigenvalue weighted by atomic mass is 16.5. The summed E-state index contributed by atoms with van der Waals surface area (Å²) < 4.78 is 5.82. The number of ether oxygens (including phenoxy) is 1. The monoisotopic (exact) mass is 719 g/mol. The molecule has 4 N–H and O–H groups in total. The SMILES string of the molecule is CCCCCCC/C=C\C/C=C\C/C=C\CCCCCCCCCCC(=O)OC(CCCC)CCCCCC(=O)NCC(=O)NC(CO)C(=O)O. The molecule has 0 spiro atoms. The molecule has 0 rings (SSSR count). The van der Waals surface area contributed by atoms with Crippen LogP contribution >= 0.6 is 0 Å². The Bertz CT molecular complexity index is 963. The quantitative estimate of drug-likeness (QED) is 0.0287. The number of amides is 2. The molecule has 294 valence electrons. The maximum Gasteiger partial charge on any atom is 0.328 e. The number of carbonyl (C=O) groups excluding carboxylic acids is 3. The van der Waals surface area contributed by atoms with Crippen LogP contribution in [-0.2, 0) is 23.9 Å². The number of carboxylic acid groups (broad SMARTS) is 1. The molecule has 0 aliphatic heterocycles. The van der Waals surface area contributed by atoms with E-state index in [2.05, 4.69) is 60.9 Å². The molecule has 0 bridgehead atoms. The van der Waals surface area contributed by atoms with Crippen LogP contribution in [0.15, 0.2) is 36.5 Å². The fourth-order valence-corrected chi connectivity index (χ4v) is 5.71. The Hall–Kier alpha value is -2.94. The van der Waals surface area contributed by atoms with Crippen molar-refractivity contribution in [1.82, 2.24) is 10.6 Å². The minimum atomic E-state index is -1.39. The van der Waals surface area contributed by atoms with Gasteiger partial charge in [-0.1, -0.05) is 134 Å². The highest BCUT2D eigenvalue weighted by Gasteiger charge is 2.19. The summed E-state index contributed by atoms with van der Waals surface area (Å²) in [6.45, 7) is 3.32. The van der Waals surface area contributed by atoms with Gasteiger partial charge in [-0.25, -0.2) is 4.79 Å². The summed E-state index contributed by atoms with van der Waals surface area (Å²) in [6, 6.07) is -1.39. The number of esters is 1.